The van der Waals surface area contributed by atoms with Crippen LogP contribution in [0.5, 0.6) is 0 Å². The van der Waals surface area contributed by atoms with E-state index in [4.69, 9.17) is 0 Å². The van der Waals surface area contributed by atoms with Crippen molar-refractivity contribution in [2.24, 2.45) is 0 Å². The first-order valence-corrected chi connectivity index (χ1v) is 11.2. The first kappa shape index (κ1) is 19.1. The molecule has 0 saturated carbocycles. The fraction of sp³-hybridized carbons (Fsp3) is 0.375. The van der Waals surface area contributed by atoms with Crippen LogP contribution in [0.2, 0.25) is 0 Å². The number of rotatable bonds is 7. The third kappa shape index (κ3) is 3.97. The number of benzene rings is 2. The van der Waals surface area contributed by atoms with Gasteiger partial charge in [0.1, 0.15) is 0 Å². The molecule has 0 radical (unpaired) electrons. The third-order valence-corrected chi connectivity index (χ3v) is 6.85. The normalized spacial score (nSPS) is 22.9. The average molecular weight is 393 g/mol. The van der Waals surface area contributed by atoms with Gasteiger partial charge in [-0.05, 0) is 17.5 Å². The van der Waals surface area contributed by atoms with Gasteiger partial charge in [-0.15, -0.1) is 11.8 Å². The van der Waals surface area contributed by atoms with Gasteiger partial charge in [0.05, 0.1) is 12.1 Å². The number of amides is 2. The summed E-state index contributed by atoms with van der Waals surface area (Å²) >= 11 is 1.94. The van der Waals surface area contributed by atoms with Crippen LogP contribution >= 0.6 is 11.8 Å². The molecule has 2 saturated heterocycles. The average Bonchev–Trinajstić information content (AvgIpc) is 3.24. The first-order chi connectivity index (χ1) is 13.8. The van der Waals surface area contributed by atoms with E-state index < -0.39 is 0 Å². The van der Waals surface area contributed by atoms with Crippen LogP contribution in [0.15, 0.2) is 71.6 Å². The zero-order chi connectivity index (χ0) is 19.3. The molecular formula is C24H28N2OS. The molecule has 0 N–H and O–H groups in total. The largest absolute Gasteiger partial charge is 0.321 e. The van der Waals surface area contributed by atoms with E-state index >= 15 is 0 Å². The Morgan fingerprint density at radius 2 is 1.57 bits per heavy atom. The fourth-order valence-electron chi connectivity index (χ4n) is 4.13. The van der Waals surface area contributed by atoms with E-state index in [2.05, 4.69) is 71.3 Å². The summed E-state index contributed by atoms with van der Waals surface area (Å²) in [4.78, 5) is 19.0. The van der Waals surface area contributed by atoms with E-state index in [0.29, 0.717) is 13.1 Å². The molecule has 2 aliphatic heterocycles. The van der Waals surface area contributed by atoms with Crippen molar-refractivity contribution in [1.29, 1.82) is 0 Å². The Labute approximate surface area is 172 Å². The second kappa shape index (κ2) is 8.87. The summed E-state index contributed by atoms with van der Waals surface area (Å²) in [5.74, 6) is 0.993. The molecular weight excluding hydrogens is 364 g/mol. The fourth-order valence-corrected chi connectivity index (χ4v) is 5.55. The van der Waals surface area contributed by atoms with Crippen molar-refractivity contribution in [3.8, 4) is 0 Å². The minimum Gasteiger partial charge on any atom is -0.314 e. The summed E-state index contributed by atoms with van der Waals surface area (Å²) in [7, 11) is 0. The number of hydrogen-bond acceptors (Lipinski definition) is 2. The predicted molar refractivity (Wildman–Crippen MR) is 117 cm³/mol. The van der Waals surface area contributed by atoms with Crippen molar-refractivity contribution in [2.75, 3.05) is 5.75 Å². The van der Waals surface area contributed by atoms with Crippen LogP contribution in [-0.2, 0) is 13.1 Å². The standard InChI is InChI=1S/C24H28N2OS/c1-2-3-6-15-22-23-21(18-28-22)25(16-19-11-7-4-8-12-19)24(27)26(23)17-20-13-9-5-10-14-20/h4-5,7-15,21,23H,2-3,6,16-18H2,1H3/b22-15+/t21-,23-/m0/s1. The molecule has 2 aromatic rings. The lowest BCUT2D eigenvalue weighted by Gasteiger charge is -2.23. The van der Waals surface area contributed by atoms with Gasteiger partial charge in [-0.3, -0.25) is 0 Å². The van der Waals surface area contributed by atoms with Crippen LogP contribution in [0.4, 0.5) is 4.79 Å². The van der Waals surface area contributed by atoms with Crippen molar-refractivity contribution >= 4 is 17.8 Å². The highest BCUT2D eigenvalue weighted by molar-refractivity contribution is 8.03. The van der Waals surface area contributed by atoms with Crippen molar-refractivity contribution in [1.82, 2.24) is 9.80 Å². The van der Waals surface area contributed by atoms with E-state index in [1.165, 1.54) is 28.9 Å². The maximum atomic E-state index is 13.4. The lowest BCUT2D eigenvalue weighted by Crippen LogP contribution is -2.35. The number of hydrogen-bond donors (Lipinski definition) is 0. The van der Waals surface area contributed by atoms with E-state index in [1.807, 2.05) is 23.9 Å². The number of urea groups is 1. The molecule has 0 unspecified atom stereocenters. The topological polar surface area (TPSA) is 23.6 Å². The van der Waals surface area contributed by atoms with Gasteiger partial charge in [0.15, 0.2) is 0 Å². The number of carbonyl (C=O) groups is 1. The lowest BCUT2D eigenvalue weighted by molar-refractivity contribution is 0.183. The number of unbranched alkanes of at least 4 members (excludes halogenated alkanes) is 2. The Kier molecular flexibility index (Phi) is 6.06. The zero-order valence-electron chi connectivity index (χ0n) is 16.5. The molecule has 4 heteroatoms. The second-order valence-electron chi connectivity index (χ2n) is 7.58. The lowest BCUT2D eigenvalue weighted by atomic mass is 10.1. The highest BCUT2D eigenvalue weighted by atomic mass is 32.2. The van der Waals surface area contributed by atoms with Crippen LogP contribution in [0, 0.1) is 0 Å². The molecule has 2 heterocycles. The summed E-state index contributed by atoms with van der Waals surface area (Å²) < 4.78 is 0. The van der Waals surface area contributed by atoms with E-state index in [-0.39, 0.29) is 18.1 Å². The predicted octanol–water partition coefficient (Wildman–Crippen LogP) is 5.68. The molecule has 0 aliphatic carbocycles. The van der Waals surface area contributed by atoms with Crippen molar-refractivity contribution in [3.05, 3.63) is 82.8 Å². The maximum absolute atomic E-state index is 13.4. The summed E-state index contributed by atoms with van der Waals surface area (Å²) in [6.45, 7) is 3.60. The van der Waals surface area contributed by atoms with Crippen molar-refractivity contribution < 1.29 is 4.79 Å². The summed E-state index contributed by atoms with van der Waals surface area (Å²) in [6, 6.07) is 21.3. The first-order valence-electron chi connectivity index (χ1n) is 10.3. The number of nitrogens with zero attached hydrogens (tertiary/aromatic N) is 2. The van der Waals surface area contributed by atoms with E-state index in [0.717, 1.165) is 12.2 Å². The second-order valence-corrected chi connectivity index (χ2v) is 8.67. The number of carbonyl (C=O) groups excluding carboxylic acids is 1. The highest BCUT2D eigenvalue weighted by Crippen LogP contribution is 2.43. The molecule has 0 aromatic heterocycles. The van der Waals surface area contributed by atoms with Crippen LogP contribution in [-0.4, -0.2) is 33.7 Å². The summed E-state index contributed by atoms with van der Waals surface area (Å²) in [5, 5.41) is 0. The Hall–Kier alpha value is -2.20. The van der Waals surface area contributed by atoms with Gasteiger partial charge in [0.2, 0.25) is 0 Å². The van der Waals surface area contributed by atoms with Crippen LogP contribution in [0.1, 0.15) is 37.3 Å². The molecule has 2 atom stereocenters. The van der Waals surface area contributed by atoms with Gasteiger partial charge in [0.25, 0.3) is 0 Å². The quantitative estimate of drug-likeness (QED) is 0.447. The third-order valence-electron chi connectivity index (χ3n) is 5.60. The monoisotopic (exact) mass is 392 g/mol. The smallest absolute Gasteiger partial charge is 0.314 e. The van der Waals surface area contributed by atoms with Crippen LogP contribution in [0.3, 0.4) is 0 Å². The maximum Gasteiger partial charge on any atom is 0.321 e. The molecule has 2 amide bonds. The molecule has 2 aromatic carbocycles. The van der Waals surface area contributed by atoms with Gasteiger partial charge in [-0.25, -0.2) is 4.79 Å². The summed E-state index contributed by atoms with van der Waals surface area (Å²) in [6.07, 6.45) is 5.90. The molecule has 146 valence electrons. The van der Waals surface area contributed by atoms with Crippen LogP contribution < -0.4 is 0 Å². The molecule has 28 heavy (non-hydrogen) atoms. The van der Waals surface area contributed by atoms with Gasteiger partial charge >= 0.3 is 6.03 Å². The van der Waals surface area contributed by atoms with E-state index in [9.17, 15) is 4.79 Å². The Morgan fingerprint density at radius 3 is 2.18 bits per heavy atom. The van der Waals surface area contributed by atoms with E-state index in [1.54, 1.807) is 0 Å². The SMILES string of the molecule is CCCC/C=C1/SC[C@H]2[C@@H]1N(Cc1ccccc1)C(=O)N2Cc1ccccc1. The van der Waals surface area contributed by atoms with Gasteiger partial charge < -0.3 is 9.80 Å². The molecule has 0 bridgehead atoms. The molecule has 3 nitrogen and oxygen atoms in total. The Morgan fingerprint density at radius 1 is 0.964 bits per heavy atom. The van der Waals surface area contributed by atoms with Gasteiger partial charge in [0, 0.05) is 23.7 Å². The number of allylic oxidation sites excluding steroid dienone is 1. The van der Waals surface area contributed by atoms with Gasteiger partial charge in [-0.1, -0.05) is 86.5 Å². The molecule has 2 aliphatic rings. The highest BCUT2D eigenvalue weighted by Gasteiger charge is 2.50. The molecule has 0 spiro atoms. The minimum absolute atomic E-state index is 0.171. The van der Waals surface area contributed by atoms with Crippen molar-refractivity contribution in [3.63, 3.8) is 0 Å². The zero-order valence-corrected chi connectivity index (χ0v) is 17.3. The summed E-state index contributed by atoms with van der Waals surface area (Å²) in [5.41, 5.74) is 2.39. The minimum atomic E-state index is 0.171. The Balaban J connectivity index is 1.60. The Bertz CT molecular complexity index is 821. The molecule has 2 fully saturated rings. The molecule has 4 rings (SSSR count). The van der Waals surface area contributed by atoms with Crippen LogP contribution in [0.25, 0.3) is 0 Å². The number of fused-ring (bicyclic) bond motifs is 1. The number of thioether (sulfide) groups is 1. The van der Waals surface area contributed by atoms with Crippen molar-refractivity contribution in [2.45, 2.75) is 51.4 Å². The van der Waals surface area contributed by atoms with Gasteiger partial charge in [-0.2, -0.15) is 0 Å².